The average molecular weight is 218 g/mol. The fourth-order valence-corrected chi connectivity index (χ4v) is 2.18. The summed E-state index contributed by atoms with van der Waals surface area (Å²) in [5.74, 6) is 0.142. The number of hydrogen-bond acceptors (Lipinski definition) is 3. The third kappa shape index (κ3) is 2.89. The van der Waals surface area contributed by atoms with Gasteiger partial charge in [0.2, 0.25) is 0 Å². The van der Waals surface area contributed by atoms with Crippen molar-refractivity contribution in [3.63, 3.8) is 0 Å². The van der Waals surface area contributed by atoms with Gasteiger partial charge in [-0.2, -0.15) is 0 Å². The van der Waals surface area contributed by atoms with Crippen molar-refractivity contribution >= 4 is 5.78 Å². The fraction of sp³-hybridized carbons (Fsp3) is 0.538. The zero-order chi connectivity index (χ0) is 11.4. The number of carbonyl (C=O) groups is 1. The molecule has 0 radical (unpaired) electrons. The van der Waals surface area contributed by atoms with Gasteiger partial charge >= 0.3 is 0 Å². The molecule has 0 saturated heterocycles. The Labute approximate surface area is 96.3 Å². The molecule has 0 unspecified atom stereocenters. The van der Waals surface area contributed by atoms with Gasteiger partial charge in [0.05, 0.1) is 6.54 Å². The molecule has 3 heteroatoms. The summed E-state index contributed by atoms with van der Waals surface area (Å²) in [5, 5.41) is 3.32. The molecule has 0 spiro atoms. The number of carbonyl (C=O) groups excluding carboxylic acids is 1. The summed E-state index contributed by atoms with van der Waals surface area (Å²) >= 11 is 0. The van der Waals surface area contributed by atoms with E-state index in [-0.39, 0.29) is 5.78 Å². The SMILES string of the molecule is Cc1cncc(C(=O)CNC2CCCC2)c1. The summed E-state index contributed by atoms with van der Waals surface area (Å²) in [6.07, 6.45) is 8.40. The van der Waals surface area contributed by atoms with Crippen LogP contribution in [0.4, 0.5) is 0 Å². The third-order valence-electron chi connectivity index (χ3n) is 3.10. The van der Waals surface area contributed by atoms with E-state index < -0.39 is 0 Å². The minimum atomic E-state index is 0.142. The molecule has 16 heavy (non-hydrogen) atoms. The highest BCUT2D eigenvalue weighted by Gasteiger charge is 2.15. The summed E-state index contributed by atoms with van der Waals surface area (Å²) in [7, 11) is 0. The first-order valence-corrected chi connectivity index (χ1v) is 5.94. The second-order valence-corrected chi connectivity index (χ2v) is 4.54. The molecule has 3 nitrogen and oxygen atoms in total. The van der Waals surface area contributed by atoms with Crippen LogP contribution in [-0.2, 0) is 0 Å². The van der Waals surface area contributed by atoms with E-state index in [1.54, 1.807) is 12.4 Å². The Kier molecular flexibility index (Phi) is 3.67. The highest BCUT2D eigenvalue weighted by molar-refractivity contribution is 5.97. The summed E-state index contributed by atoms with van der Waals surface area (Å²) in [4.78, 5) is 15.9. The molecule has 1 aromatic heterocycles. The van der Waals surface area contributed by atoms with E-state index in [1.165, 1.54) is 25.7 Å². The van der Waals surface area contributed by atoms with E-state index in [9.17, 15) is 4.79 Å². The molecule has 0 aliphatic heterocycles. The monoisotopic (exact) mass is 218 g/mol. The maximum atomic E-state index is 11.9. The normalized spacial score (nSPS) is 16.6. The highest BCUT2D eigenvalue weighted by Crippen LogP contribution is 2.17. The van der Waals surface area contributed by atoms with Crippen LogP contribution in [0.3, 0.4) is 0 Å². The molecule has 1 aliphatic rings. The number of nitrogens with one attached hydrogen (secondary N) is 1. The van der Waals surface area contributed by atoms with Gasteiger partial charge in [0, 0.05) is 24.0 Å². The second-order valence-electron chi connectivity index (χ2n) is 4.54. The molecule has 1 fully saturated rings. The molecule has 0 aromatic carbocycles. The lowest BCUT2D eigenvalue weighted by molar-refractivity contribution is 0.0987. The Hall–Kier alpha value is -1.22. The summed E-state index contributed by atoms with van der Waals surface area (Å²) in [5.41, 5.74) is 1.75. The number of ketones is 1. The van der Waals surface area contributed by atoms with Crippen LogP contribution < -0.4 is 5.32 Å². The van der Waals surface area contributed by atoms with Crippen molar-refractivity contribution in [3.8, 4) is 0 Å². The minimum absolute atomic E-state index is 0.142. The van der Waals surface area contributed by atoms with Crippen molar-refractivity contribution in [1.29, 1.82) is 0 Å². The maximum absolute atomic E-state index is 11.9. The van der Waals surface area contributed by atoms with Crippen molar-refractivity contribution in [3.05, 3.63) is 29.6 Å². The molecule has 1 saturated carbocycles. The molecule has 1 heterocycles. The van der Waals surface area contributed by atoms with E-state index >= 15 is 0 Å². The standard InChI is InChI=1S/C13H18N2O/c1-10-6-11(8-14-7-10)13(16)9-15-12-4-2-3-5-12/h6-8,12,15H,2-5,9H2,1H3. The lowest BCUT2D eigenvalue weighted by Gasteiger charge is -2.10. The molecule has 0 bridgehead atoms. The van der Waals surface area contributed by atoms with E-state index in [1.807, 2.05) is 13.0 Å². The number of nitrogens with zero attached hydrogens (tertiary/aromatic N) is 1. The van der Waals surface area contributed by atoms with Crippen LogP contribution in [-0.4, -0.2) is 23.4 Å². The lowest BCUT2D eigenvalue weighted by Crippen LogP contribution is -2.31. The third-order valence-corrected chi connectivity index (χ3v) is 3.10. The number of aromatic nitrogens is 1. The molecule has 2 rings (SSSR count). The average Bonchev–Trinajstić information content (AvgIpc) is 2.78. The van der Waals surface area contributed by atoms with E-state index in [0.717, 1.165) is 5.56 Å². The Bertz CT molecular complexity index is 370. The van der Waals surface area contributed by atoms with Crippen LogP contribution in [0.2, 0.25) is 0 Å². The molecule has 1 N–H and O–H groups in total. The summed E-state index contributed by atoms with van der Waals surface area (Å²) in [6.45, 7) is 2.39. The smallest absolute Gasteiger partial charge is 0.178 e. The number of aryl methyl sites for hydroxylation is 1. The molecule has 86 valence electrons. The Morgan fingerprint density at radius 1 is 1.44 bits per heavy atom. The summed E-state index contributed by atoms with van der Waals surface area (Å²) in [6, 6.07) is 2.44. The van der Waals surface area contributed by atoms with Gasteiger partial charge in [-0.25, -0.2) is 0 Å². The maximum Gasteiger partial charge on any atom is 0.178 e. The first-order chi connectivity index (χ1) is 7.75. The number of Topliss-reactive ketones (excluding diaryl/α,β-unsaturated/α-hetero) is 1. The van der Waals surface area contributed by atoms with Gasteiger partial charge in [0.1, 0.15) is 0 Å². The van der Waals surface area contributed by atoms with Crippen LogP contribution in [0.1, 0.15) is 41.6 Å². The van der Waals surface area contributed by atoms with Crippen molar-refractivity contribution in [2.24, 2.45) is 0 Å². The fourth-order valence-electron chi connectivity index (χ4n) is 2.18. The van der Waals surface area contributed by atoms with E-state index in [0.29, 0.717) is 18.2 Å². The minimum Gasteiger partial charge on any atom is -0.307 e. The zero-order valence-electron chi connectivity index (χ0n) is 9.70. The zero-order valence-corrected chi connectivity index (χ0v) is 9.70. The van der Waals surface area contributed by atoms with Crippen LogP contribution in [0.15, 0.2) is 18.5 Å². The van der Waals surface area contributed by atoms with Gasteiger partial charge in [-0.3, -0.25) is 9.78 Å². The number of rotatable bonds is 4. The van der Waals surface area contributed by atoms with Gasteiger partial charge in [0.25, 0.3) is 0 Å². The first-order valence-electron chi connectivity index (χ1n) is 5.94. The molecule has 0 atom stereocenters. The van der Waals surface area contributed by atoms with Crippen LogP contribution in [0, 0.1) is 6.92 Å². The van der Waals surface area contributed by atoms with Gasteiger partial charge in [0.15, 0.2) is 5.78 Å². The highest BCUT2D eigenvalue weighted by atomic mass is 16.1. The molecular weight excluding hydrogens is 200 g/mol. The van der Waals surface area contributed by atoms with Crippen molar-refractivity contribution < 1.29 is 4.79 Å². The lowest BCUT2D eigenvalue weighted by atomic mass is 10.1. The summed E-state index contributed by atoms with van der Waals surface area (Å²) < 4.78 is 0. The van der Waals surface area contributed by atoms with Crippen LogP contribution in [0.5, 0.6) is 0 Å². The Balaban J connectivity index is 1.87. The van der Waals surface area contributed by atoms with Crippen LogP contribution >= 0.6 is 0 Å². The molecular formula is C13H18N2O. The number of hydrogen-bond donors (Lipinski definition) is 1. The van der Waals surface area contributed by atoms with E-state index in [2.05, 4.69) is 10.3 Å². The van der Waals surface area contributed by atoms with Crippen molar-refractivity contribution in [2.75, 3.05) is 6.54 Å². The van der Waals surface area contributed by atoms with Gasteiger partial charge in [-0.15, -0.1) is 0 Å². The molecule has 1 aliphatic carbocycles. The Morgan fingerprint density at radius 2 is 2.19 bits per heavy atom. The first kappa shape index (κ1) is 11.3. The Morgan fingerprint density at radius 3 is 2.88 bits per heavy atom. The predicted molar refractivity (Wildman–Crippen MR) is 63.6 cm³/mol. The molecule has 1 aromatic rings. The number of pyridine rings is 1. The quantitative estimate of drug-likeness (QED) is 0.787. The van der Waals surface area contributed by atoms with Gasteiger partial charge in [-0.05, 0) is 31.4 Å². The molecule has 0 amide bonds. The largest absolute Gasteiger partial charge is 0.307 e. The van der Waals surface area contributed by atoms with Crippen molar-refractivity contribution in [1.82, 2.24) is 10.3 Å². The van der Waals surface area contributed by atoms with Gasteiger partial charge in [-0.1, -0.05) is 12.8 Å². The predicted octanol–water partition coefficient (Wildman–Crippen LogP) is 2.10. The van der Waals surface area contributed by atoms with Crippen LogP contribution in [0.25, 0.3) is 0 Å². The second kappa shape index (κ2) is 5.21. The van der Waals surface area contributed by atoms with Gasteiger partial charge < -0.3 is 5.32 Å². The van der Waals surface area contributed by atoms with Crippen molar-refractivity contribution in [2.45, 2.75) is 38.6 Å². The topological polar surface area (TPSA) is 42.0 Å². The van der Waals surface area contributed by atoms with E-state index in [4.69, 9.17) is 0 Å².